The maximum atomic E-state index is 13.3. The molecule has 9 nitrogen and oxygen atoms in total. The van der Waals surface area contributed by atoms with E-state index < -0.39 is 0 Å². The molecule has 1 saturated heterocycles. The van der Waals surface area contributed by atoms with Crippen molar-refractivity contribution in [2.45, 2.75) is 6.92 Å². The van der Waals surface area contributed by atoms with Gasteiger partial charge in [0.25, 0.3) is 5.91 Å². The minimum atomic E-state index is -0.104. The fourth-order valence-electron chi connectivity index (χ4n) is 3.10. The fourth-order valence-corrected chi connectivity index (χ4v) is 3.10. The summed E-state index contributed by atoms with van der Waals surface area (Å²) < 4.78 is 1.49. The highest BCUT2D eigenvalue weighted by atomic mass is 16.2. The van der Waals surface area contributed by atoms with Gasteiger partial charge in [-0.25, -0.2) is 9.97 Å². The lowest BCUT2D eigenvalue weighted by Gasteiger charge is -2.35. The Morgan fingerprint density at radius 1 is 1.00 bits per heavy atom. The lowest BCUT2D eigenvalue weighted by atomic mass is 10.1. The van der Waals surface area contributed by atoms with Gasteiger partial charge in [0.15, 0.2) is 5.82 Å². The van der Waals surface area contributed by atoms with E-state index in [0.29, 0.717) is 43.6 Å². The Kier molecular flexibility index (Phi) is 5.05. The Morgan fingerprint density at radius 2 is 1.71 bits per heavy atom. The number of nitrogens with zero attached hydrogens (tertiary/aromatic N) is 8. The van der Waals surface area contributed by atoms with E-state index in [-0.39, 0.29) is 5.91 Å². The van der Waals surface area contributed by atoms with Crippen LogP contribution in [0.15, 0.2) is 48.8 Å². The molecule has 1 aliphatic rings. The van der Waals surface area contributed by atoms with Gasteiger partial charge in [-0.3, -0.25) is 4.79 Å². The van der Waals surface area contributed by atoms with Crippen molar-refractivity contribution in [2.75, 3.05) is 31.1 Å². The van der Waals surface area contributed by atoms with Gasteiger partial charge in [0.1, 0.15) is 5.70 Å². The minimum Gasteiger partial charge on any atom is -0.337 e. The molecular weight excluding hydrogens is 356 g/mol. The summed E-state index contributed by atoms with van der Waals surface area (Å²) in [5.74, 6) is 1.14. The van der Waals surface area contributed by atoms with E-state index in [2.05, 4.69) is 30.4 Å². The SMILES string of the molecule is Cc1nnnn1/C(=C/c1ccccc1)C(=O)N1CCN(c2ncccn2)CC1. The average molecular weight is 376 g/mol. The zero-order chi connectivity index (χ0) is 19.3. The van der Waals surface area contributed by atoms with Crippen molar-refractivity contribution in [3.8, 4) is 0 Å². The number of anilines is 1. The molecule has 0 bridgehead atoms. The Bertz CT molecular complexity index is 962. The molecule has 1 amide bonds. The van der Waals surface area contributed by atoms with Gasteiger partial charge in [-0.15, -0.1) is 5.10 Å². The normalized spacial score (nSPS) is 15.0. The molecule has 3 heterocycles. The second-order valence-electron chi connectivity index (χ2n) is 6.41. The van der Waals surface area contributed by atoms with Crippen LogP contribution >= 0.6 is 0 Å². The van der Waals surface area contributed by atoms with E-state index in [9.17, 15) is 4.79 Å². The summed E-state index contributed by atoms with van der Waals surface area (Å²) in [6.45, 7) is 4.26. The van der Waals surface area contributed by atoms with Gasteiger partial charge in [-0.05, 0) is 35.1 Å². The number of carbonyl (C=O) groups excluding carboxylic acids is 1. The van der Waals surface area contributed by atoms with Gasteiger partial charge in [0.2, 0.25) is 5.95 Å². The Morgan fingerprint density at radius 3 is 2.36 bits per heavy atom. The zero-order valence-electron chi connectivity index (χ0n) is 15.5. The number of hydrogen-bond acceptors (Lipinski definition) is 7. The molecule has 1 aromatic carbocycles. The fraction of sp³-hybridized carbons (Fsp3) is 0.263. The largest absolute Gasteiger partial charge is 0.337 e. The van der Waals surface area contributed by atoms with Crippen LogP contribution in [0.2, 0.25) is 0 Å². The van der Waals surface area contributed by atoms with Crippen molar-refractivity contribution >= 4 is 23.6 Å². The second-order valence-corrected chi connectivity index (χ2v) is 6.41. The molecule has 1 aliphatic heterocycles. The molecule has 0 saturated carbocycles. The number of aryl methyl sites for hydroxylation is 1. The monoisotopic (exact) mass is 376 g/mol. The molecule has 0 radical (unpaired) electrons. The second kappa shape index (κ2) is 7.95. The molecule has 1 fully saturated rings. The highest BCUT2D eigenvalue weighted by Gasteiger charge is 2.27. The molecule has 9 heteroatoms. The number of benzene rings is 1. The summed E-state index contributed by atoms with van der Waals surface area (Å²) in [6, 6.07) is 11.5. The number of aromatic nitrogens is 6. The first-order valence-corrected chi connectivity index (χ1v) is 9.06. The third kappa shape index (κ3) is 3.73. The third-order valence-corrected chi connectivity index (χ3v) is 4.58. The molecule has 4 rings (SSSR count). The number of rotatable bonds is 4. The van der Waals surface area contributed by atoms with Crippen molar-refractivity contribution in [2.24, 2.45) is 0 Å². The molecule has 0 aliphatic carbocycles. The van der Waals surface area contributed by atoms with E-state index in [0.717, 1.165) is 5.56 Å². The number of piperazine rings is 1. The first-order valence-electron chi connectivity index (χ1n) is 9.06. The van der Waals surface area contributed by atoms with Gasteiger partial charge in [-0.2, -0.15) is 4.68 Å². The zero-order valence-corrected chi connectivity index (χ0v) is 15.5. The van der Waals surface area contributed by atoms with E-state index in [1.807, 2.05) is 41.3 Å². The predicted molar refractivity (Wildman–Crippen MR) is 104 cm³/mol. The van der Waals surface area contributed by atoms with Crippen molar-refractivity contribution < 1.29 is 4.79 Å². The summed E-state index contributed by atoms with van der Waals surface area (Å²) in [7, 11) is 0. The van der Waals surface area contributed by atoms with Crippen LogP contribution in [0.5, 0.6) is 0 Å². The molecule has 2 aromatic heterocycles. The first-order chi connectivity index (χ1) is 13.7. The number of amides is 1. The van der Waals surface area contributed by atoms with E-state index in [1.54, 1.807) is 25.4 Å². The molecule has 3 aromatic rings. The lowest BCUT2D eigenvalue weighted by molar-refractivity contribution is -0.125. The molecule has 0 unspecified atom stereocenters. The third-order valence-electron chi connectivity index (χ3n) is 4.58. The van der Waals surface area contributed by atoms with Crippen molar-refractivity contribution in [3.05, 3.63) is 60.2 Å². The van der Waals surface area contributed by atoms with E-state index in [1.165, 1.54) is 4.68 Å². The average Bonchev–Trinajstić information content (AvgIpc) is 3.18. The summed E-state index contributed by atoms with van der Waals surface area (Å²) in [4.78, 5) is 25.7. The molecular formula is C19H20N8O. The van der Waals surface area contributed by atoms with Gasteiger partial charge in [0.05, 0.1) is 0 Å². The maximum absolute atomic E-state index is 13.3. The summed E-state index contributed by atoms with van der Waals surface area (Å²) in [5.41, 5.74) is 1.34. The Hall–Kier alpha value is -3.62. The topological polar surface area (TPSA) is 92.9 Å². The quantitative estimate of drug-likeness (QED) is 0.630. The molecule has 0 atom stereocenters. The summed E-state index contributed by atoms with van der Waals surface area (Å²) >= 11 is 0. The highest BCUT2D eigenvalue weighted by molar-refractivity contribution is 6.18. The van der Waals surface area contributed by atoms with Crippen molar-refractivity contribution in [1.29, 1.82) is 0 Å². The Balaban J connectivity index is 1.55. The maximum Gasteiger partial charge on any atom is 0.272 e. The van der Waals surface area contributed by atoms with Gasteiger partial charge >= 0.3 is 0 Å². The van der Waals surface area contributed by atoms with Crippen molar-refractivity contribution in [3.63, 3.8) is 0 Å². The number of hydrogen-bond donors (Lipinski definition) is 0. The lowest BCUT2D eigenvalue weighted by Crippen LogP contribution is -2.49. The van der Waals surface area contributed by atoms with Crippen LogP contribution in [0.4, 0.5) is 5.95 Å². The van der Waals surface area contributed by atoms with Gasteiger partial charge in [-0.1, -0.05) is 30.3 Å². The minimum absolute atomic E-state index is 0.104. The smallest absolute Gasteiger partial charge is 0.272 e. The molecule has 0 N–H and O–H groups in total. The van der Waals surface area contributed by atoms with Crippen LogP contribution in [0.25, 0.3) is 11.8 Å². The van der Waals surface area contributed by atoms with Crippen LogP contribution in [-0.4, -0.2) is 67.2 Å². The van der Waals surface area contributed by atoms with E-state index >= 15 is 0 Å². The van der Waals surface area contributed by atoms with Crippen LogP contribution in [-0.2, 0) is 4.79 Å². The Labute approximate surface area is 162 Å². The van der Waals surface area contributed by atoms with Crippen molar-refractivity contribution in [1.82, 2.24) is 35.1 Å². The van der Waals surface area contributed by atoms with Crippen LogP contribution in [0, 0.1) is 6.92 Å². The first kappa shape index (κ1) is 17.8. The van der Waals surface area contributed by atoms with E-state index in [4.69, 9.17) is 0 Å². The van der Waals surface area contributed by atoms with Crippen LogP contribution in [0.1, 0.15) is 11.4 Å². The predicted octanol–water partition coefficient (Wildman–Crippen LogP) is 1.12. The number of carbonyl (C=O) groups is 1. The molecule has 142 valence electrons. The summed E-state index contributed by atoms with van der Waals surface area (Å²) in [6.07, 6.45) is 5.26. The number of tetrazole rings is 1. The molecule has 0 spiro atoms. The molecule has 28 heavy (non-hydrogen) atoms. The van der Waals surface area contributed by atoms with Gasteiger partial charge in [0, 0.05) is 38.6 Å². The highest BCUT2D eigenvalue weighted by Crippen LogP contribution is 2.17. The summed E-state index contributed by atoms with van der Waals surface area (Å²) in [5, 5.41) is 11.6. The van der Waals surface area contributed by atoms with Gasteiger partial charge < -0.3 is 9.80 Å². The standard InChI is InChI=1S/C19H20N8O/c1-15-22-23-24-27(15)17(14-16-6-3-2-4-7-16)18(28)25-10-12-26(13-11-25)19-20-8-5-9-21-19/h2-9,14H,10-13H2,1H3/b17-14+. The van der Waals surface area contributed by atoms with Crippen LogP contribution in [0.3, 0.4) is 0 Å². The van der Waals surface area contributed by atoms with Crippen LogP contribution < -0.4 is 4.90 Å².